The summed E-state index contributed by atoms with van der Waals surface area (Å²) >= 11 is 0. The lowest BCUT2D eigenvalue weighted by molar-refractivity contribution is 0.246. The summed E-state index contributed by atoms with van der Waals surface area (Å²) in [6.07, 6.45) is 0. The fourth-order valence-electron chi connectivity index (χ4n) is 2.12. The average Bonchev–Trinajstić information content (AvgIpc) is 2.67. The normalized spacial score (nSPS) is 15.5. The van der Waals surface area contributed by atoms with Crippen LogP contribution in [-0.4, -0.2) is 44.0 Å². The standard InChI is InChI=1S/C13H21N3/c1-14-13-5-4-11-9-16(7-6-15(2)3)10-12(11)8-13/h4-5,8,14H,6-7,9-10H2,1-3H3. The number of nitrogens with zero attached hydrogens (tertiary/aromatic N) is 2. The third kappa shape index (κ3) is 2.54. The highest BCUT2D eigenvalue weighted by molar-refractivity contribution is 5.49. The topological polar surface area (TPSA) is 18.5 Å². The zero-order valence-corrected chi connectivity index (χ0v) is 10.5. The molecule has 16 heavy (non-hydrogen) atoms. The third-order valence-electron chi connectivity index (χ3n) is 3.15. The van der Waals surface area contributed by atoms with E-state index in [1.54, 1.807) is 0 Å². The predicted molar refractivity (Wildman–Crippen MR) is 68.7 cm³/mol. The molecule has 1 aromatic carbocycles. The van der Waals surface area contributed by atoms with Crippen molar-refractivity contribution in [3.05, 3.63) is 29.3 Å². The van der Waals surface area contributed by atoms with Gasteiger partial charge in [-0.05, 0) is 37.4 Å². The Bertz CT molecular complexity index is 360. The van der Waals surface area contributed by atoms with E-state index in [2.05, 4.69) is 47.4 Å². The lowest BCUT2D eigenvalue weighted by Crippen LogP contribution is -2.27. The first kappa shape index (κ1) is 11.4. The second-order valence-corrected chi connectivity index (χ2v) is 4.75. The first-order chi connectivity index (χ1) is 7.69. The fourth-order valence-corrected chi connectivity index (χ4v) is 2.12. The monoisotopic (exact) mass is 219 g/mol. The quantitative estimate of drug-likeness (QED) is 0.830. The van der Waals surface area contributed by atoms with Gasteiger partial charge in [-0.15, -0.1) is 0 Å². The Morgan fingerprint density at radius 3 is 2.69 bits per heavy atom. The van der Waals surface area contributed by atoms with Gasteiger partial charge in [0.15, 0.2) is 0 Å². The lowest BCUT2D eigenvalue weighted by Gasteiger charge is -2.17. The van der Waals surface area contributed by atoms with Crippen molar-refractivity contribution in [2.75, 3.05) is 39.5 Å². The molecule has 0 fully saturated rings. The highest BCUT2D eigenvalue weighted by atomic mass is 15.2. The summed E-state index contributed by atoms with van der Waals surface area (Å²) in [7, 11) is 6.23. The summed E-state index contributed by atoms with van der Waals surface area (Å²) in [4.78, 5) is 4.74. The van der Waals surface area contributed by atoms with Crippen LogP contribution in [0.4, 0.5) is 5.69 Å². The maximum Gasteiger partial charge on any atom is 0.0341 e. The smallest absolute Gasteiger partial charge is 0.0341 e. The predicted octanol–water partition coefficient (Wildman–Crippen LogP) is 1.61. The number of fused-ring (bicyclic) bond motifs is 1. The molecule has 1 heterocycles. The van der Waals surface area contributed by atoms with Crippen molar-refractivity contribution in [3.8, 4) is 0 Å². The van der Waals surface area contributed by atoms with Crippen LogP contribution >= 0.6 is 0 Å². The first-order valence-corrected chi connectivity index (χ1v) is 5.85. The Labute approximate surface area is 98.0 Å². The van der Waals surface area contributed by atoms with Gasteiger partial charge in [-0.1, -0.05) is 6.07 Å². The largest absolute Gasteiger partial charge is 0.388 e. The molecule has 0 spiro atoms. The maximum absolute atomic E-state index is 3.19. The van der Waals surface area contributed by atoms with Gasteiger partial charge in [-0.25, -0.2) is 0 Å². The van der Waals surface area contributed by atoms with Crippen LogP contribution in [-0.2, 0) is 13.1 Å². The molecule has 0 unspecified atom stereocenters. The molecule has 88 valence electrons. The van der Waals surface area contributed by atoms with Crippen molar-refractivity contribution >= 4 is 5.69 Å². The maximum atomic E-state index is 3.19. The zero-order chi connectivity index (χ0) is 11.5. The SMILES string of the molecule is CNc1ccc2c(c1)CN(CCN(C)C)C2. The molecule has 1 aliphatic heterocycles. The highest BCUT2D eigenvalue weighted by Gasteiger charge is 2.18. The number of hydrogen-bond acceptors (Lipinski definition) is 3. The minimum Gasteiger partial charge on any atom is -0.388 e. The Hall–Kier alpha value is -1.06. The van der Waals surface area contributed by atoms with Crippen LogP contribution in [0.25, 0.3) is 0 Å². The van der Waals surface area contributed by atoms with Crippen LogP contribution in [0.3, 0.4) is 0 Å². The summed E-state index contributed by atoms with van der Waals surface area (Å²) in [5, 5.41) is 3.19. The Morgan fingerprint density at radius 1 is 1.25 bits per heavy atom. The van der Waals surface area contributed by atoms with Crippen molar-refractivity contribution < 1.29 is 0 Å². The van der Waals surface area contributed by atoms with Gasteiger partial charge in [0.1, 0.15) is 0 Å². The van der Waals surface area contributed by atoms with E-state index in [1.807, 2.05) is 7.05 Å². The second kappa shape index (κ2) is 4.85. The van der Waals surface area contributed by atoms with Crippen LogP contribution < -0.4 is 5.32 Å². The summed E-state index contributed by atoms with van der Waals surface area (Å²) in [6, 6.07) is 6.68. The molecule has 3 nitrogen and oxygen atoms in total. The molecule has 0 aliphatic carbocycles. The van der Waals surface area contributed by atoms with Gasteiger partial charge in [0, 0.05) is 38.9 Å². The van der Waals surface area contributed by atoms with Gasteiger partial charge in [-0.3, -0.25) is 4.90 Å². The highest BCUT2D eigenvalue weighted by Crippen LogP contribution is 2.25. The summed E-state index contributed by atoms with van der Waals surface area (Å²) in [5.41, 5.74) is 4.18. The number of rotatable bonds is 4. The van der Waals surface area contributed by atoms with Crippen LogP contribution in [0.2, 0.25) is 0 Å². The van der Waals surface area contributed by atoms with Crippen molar-refractivity contribution in [2.45, 2.75) is 13.1 Å². The van der Waals surface area contributed by atoms with Crippen molar-refractivity contribution in [2.24, 2.45) is 0 Å². The molecular weight excluding hydrogens is 198 g/mol. The fraction of sp³-hybridized carbons (Fsp3) is 0.538. The molecule has 0 saturated heterocycles. The van der Waals surface area contributed by atoms with E-state index < -0.39 is 0 Å². The molecule has 1 aromatic rings. The molecule has 1 aliphatic rings. The molecule has 2 rings (SSSR count). The molecule has 0 radical (unpaired) electrons. The summed E-state index contributed by atoms with van der Waals surface area (Å²) in [5.74, 6) is 0. The number of hydrogen-bond donors (Lipinski definition) is 1. The lowest BCUT2D eigenvalue weighted by atomic mass is 10.1. The van der Waals surface area contributed by atoms with E-state index >= 15 is 0 Å². The van der Waals surface area contributed by atoms with Gasteiger partial charge in [-0.2, -0.15) is 0 Å². The van der Waals surface area contributed by atoms with E-state index in [9.17, 15) is 0 Å². The minimum atomic E-state index is 1.10. The van der Waals surface area contributed by atoms with Gasteiger partial charge in [0.25, 0.3) is 0 Å². The Balaban J connectivity index is 1.98. The van der Waals surface area contributed by atoms with E-state index in [0.29, 0.717) is 0 Å². The van der Waals surface area contributed by atoms with E-state index in [-0.39, 0.29) is 0 Å². The van der Waals surface area contributed by atoms with Gasteiger partial charge >= 0.3 is 0 Å². The molecule has 3 heteroatoms. The minimum absolute atomic E-state index is 1.10. The van der Waals surface area contributed by atoms with Crippen molar-refractivity contribution in [1.29, 1.82) is 0 Å². The number of benzene rings is 1. The van der Waals surface area contributed by atoms with E-state index in [4.69, 9.17) is 0 Å². The molecule has 0 amide bonds. The summed E-state index contributed by atoms with van der Waals surface area (Å²) < 4.78 is 0. The van der Waals surface area contributed by atoms with Crippen LogP contribution in [0, 0.1) is 0 Å². The van der Waals surface area contributed by atoms with Crippen LogP contribution in [0.1, 0.15) is 11.1 Å². The molecule has 0 bridgehead atoms. The average molecular weight is 219 g/mol. The number of nitrogens with one attached hydrogen (secondary N) is 1. The van der Waals surface area contributed by atoms with Gasteiger partial charge < -0.3 is 10.2 Å². The molecular formula is C13H21N3. The van der Waals surface area contributed by atoms with E-state index in [0.717, 1.165) is 26.2 Å². The van der Waals surface area contributed by atoms with Crippen LogP contribution in [0.5, 0.6) is 0 Å². The number of likely N-dealkylation sites (N-methyl/N-ethyl adjacent to an activating group) is 1. The van der Waals surface area contributed by atoms with Crippen LogP contribution in [0.15, 0.2) is 18.2 Å². The first-order valence-electron chi connectivity index (χ1n) is 5.85. The summed E-state index contributed by atoms with van der Waals surface area (Å²) in [6.45, 7) is 4.48. The Kier molecular flexibility index (Phi) is 3.46. The number of anilines is 1. The second-order valence-electron chi connectivity index (χ2n) is 4.75. The molecule has 0 aromatic heterocycles. The molecule has 0 saturated carbocycles. The zero-order valence-electron chi connectivity index (χ0n) is 10.5. The van der Waals surface area contributed by atoms with Crippen molar-refractivity contribution in [1.82, 2.24) is 9.80 Å². The third-order valence-corrected chi connectivity index (χ3v) is 3.15. The molecule has 1 N–H and O–H groups in total. The Morgan fingerprint density at radius 2 is 2.00 bits per heavy atom. The van der Waals surface area contributed by atoms with E-state index in [1.165, 1.54) is 16.8 Å². The van der Waals surface area contributed by atoms with Gasteiger partial charge in [0.2, 0.25) is 0 Å². The van der Waals surface area contributed by atoms with Gasteiger partial charge in [0.05, 0.1) is 0 Å². The van der Waals surface area contributed by atoms with Crippen molar-refractivity contribution in [3.63, 3.8) is 0 Å². The molecule has 0 atom stereocenters.